The highest BCUT2D eigenvalue weighted by atomic mass is 79.9. The van der Waals surface area contributed by atoms with E-state index in [9.17, 15) is 4.79 Å². The Balaban J connectivity index is 1.98. The zero-order valence-corrected chi connectivity index (χ0v) is 12.8. The maximum atomic E-state index is 10.6. The van der Waals surface area contributed by atoms with Gasteiger partial charge in [0.05, 0.1) is 10.9 Å². The minimum atomic E-state index is -0.834. The molecule has 2 aromatic rings. The maximum absolute atomic E-state index is 10.6. The molecule has 20 heavy (non-hydrogen) atoms. The van der Waals surface area contributed by atoms with E-state index in [-0.39, 0.29) is 6.42 Å². The lowest BCUT2D eigenvalue weighted by molar-refractivity contribution is -0.136. The topological polar surface area (TPSA) is 46.5 Å². The molecule has 2 rings (SSSR count). The van der Waals surface area contributed by atoms with Crippen LogP contribution in [0.3, 0.4) is 0 Å². The fourth-order valence-corrected chi connectivity index (χ4v) is 2.48. The minimum Gasteiger partial charge on any atom is -0.488 e. The van der Waals surface area contributed by atoms with Crippen molar-refractivity contribution < 1.29 is 14.6 Å². The smallest absolute Gasteiger partial charge is 0.307 e. The quantitative estimate of drug-likeness (QED) is 0.869. The van der Waals surface area contributed by atoms with Crippen molar-refractivity contribution in [2.45, 2.75) is 13.0 Å². The number of carboxylic acid groups (broad SMARTS) is 1. The van der Waals surface area contributed by atoms with E-state index in [1.807, 2.05) is 12.1 Å². The van der Waals surface area contributed by atoms with E-state index in [0.29, 0.717) is 17.4 Å². The maximum Gasteiger partial charge on any atom is 0.307 e. The Hall–Kier alpha value is -1.52. The van der Waals surface area contributed by atoms with Gasteiger partial charge in [0.25, 0.3) is 0 Å². The van der Waals surface area contributed by atoms with Gasteiger partial charge in [-0.3, -0.25) is 4.79 Å². The molecule has 3 nitrogen and oxygen atoms in total. The summed E-state index contributed by atoms with van der Waals surface area (Å²) in [6, 6.07) is 12.6. The van der Waals surface area contributed by atoms with E-state index in [0.717, 1.165) is 15.6 Å². The van der Waals surface area contributed by atoms with E-state index in [1.54, 1.807) is 30.3 Å². The number of rotatable bonds is 5. The first-order valence-electron chi connectivity index (χ1n) is 5.92. The van der Waals surface area contributed by atoms with Gasteiger partial charge in [-0.2, -0.15) is 0 Å². The van der Waals surface area contributed by atoms with Crippen LogP contribution in [0.4, 0.5) is 0 Å². The second-order valence-corrected chi connectivity index (χ2v) is 5.54. The summed E-state index contributed by atoms with van der Waals surface area (Å²) in [6.07, 6.45) is 0.0316. The highest BCUT2D eigenvalue weighted by molar-refractivity contribution is 9.10. The van der Waals surface area contributed by atoms with Gasteiger partial charge < -0.3 is 9.84 Å². The van der Waals surface area contributed by atoms with Crippen LogP contribution in [0.25, 0.3) is 0 Å². The first kappa shape index (κ1) is 14.9. The molecule has 0 aliphatic heterocycles. The third-order valence-electron chi connectivity index (χ3n) is 2.67. The molecule has 0 aromatic heterocycles. The molecule has 0 spiro atoms. The monoisotopic (exact) mass is 354 g/mol. The van der Waals surface area contributed by atoms with Crippen LogP contribution in [0, 0.1) is 0 Å². The molecule has 0 heterocycles. The molecule has 5 heteroatoms. The fraction of sp³-hybridized carbons (Fsp3) is 0.133. The van der Waals surface area contributed by atoms with Gasteiger partial charge in [0, 0.05) is 5.02 Å². The Morgan fingerprint density at radius 2 is 1.80 bits per heavy atom. The Kier molecular flexibility index (Phi) is 5.04. The standard InChI is InChI=1S/C15H12BrClO3/c16-13-8-12(17)5-6-14(13)20-9-11-3-1-10(2-4-11)7-15(18)19/h1-6,8H,7,9H2,(H,18,19). The highest BCUT2D eigenvalue weighted by Crippen LogP contribution is 2.28. The minimum absolute atomic E-state index is 0.0316. The van der Waals surface area contributed by atoms with Crippen LogP contribution in [0.15, 0.2) is 46.9 Å². The summed E-state index contributed by atoms with van der Waals surface area (Å²) in [7, 11) is 0. The van der Waals surface area contributed by atoms with E-state index >= 15 is 0 Å². The molecule has 0 aliphatic rings. The number of ether oxygens (including phenoxy) is 1. The van der Waals surface area contributed by atoms with Crippen LogP contribution in [-0.4, -0.2) is 11.1 Å². The summed E-state index contributed by atoms with van der Waals surface area (Å²) < 4.78 is 6.48. The largest absolute Gasteiger partial charge is 0.488 e. The average Bonchev–Trinajstić information content (AvgIpc) is 2.39. The molecule has 104 valence electrons. The number of aliphatic carboxylic acids is 1. The van der Waals surface area contributed by atoms with E-state index in [4.69, 9.17) is 21.4 Å². The van der Waals surface area contributed by atoms with Crippen molar-refractivity contribution in [1.82, 2.24) is 0 Å². The summed E-state index contributed by atoms with van der Waals surface area (Å²) in [6.45, 7) is 0.410. The number of carboxylic acids is 1. The van der Waals surface area contributed by atoms with Gasteiger partial charge in [-0.15, -0.1) is 0 Å². The molecule has 0 saturated carbocycles. The molecular formula is C15H12BrClO3. The molecule has 0 amide bonds. The van der Waals surface area contributed by atoms with E-state index < -0.39 is 5.97 Å². The van der Waals surface area contributed by atoms with Gasteiger partial charge in [0.1, 0.15) is 12.4 Å². The van der Waals surface area contributed by atoms with Crippen molar-refractivity contribution >= 4 is 33.5 Å². The van der Waals surface area contributed by atoms with Crippen LogP contribution in [0.1, 0.15) is 11.1 Å². The third-order valence-corrected chi connectivity index (χ3v) is 3.52. The second kappa shape index (κ2) is 6.77. The first-order valence-corrected chi connectivity index (χ1v) is 7.09. The first-order chi connectivity index (χ1) is 9.54. The number of carbonyl (C=O) groups is 1. The average molecular weight is 356 g/mol. The summed E-state index contributed by atoms with van der Waals surface area (Å²) in [5.41, 5.74) is 1.75. The molecule has 0 bridgehead atoms. The van der Waals surface area contributed by atoms with Gasteiger partial charge in [0.15, 0.2) is 0 Å². The van der Waals surface area contributed by atoms with Gasteiger partial charge in [-0.05, 0) is 45.3 Å². The number of hydrogen-bond acceptors (Lipinski definition) is 2. The van der Waals surface area contributed by atoms with Crippen molar-refractivity contribution in [2.75, 3.05) is 0 Å². The molecule has 0 atom stereocenters. The van der Waals surface area contributed by atoms with Gasteiger partial charge in [0.2, 0.25) is 0 Å². The van der Waals surface area contributed by atoms with Crippen LogP contribution >= 0.6 is 27.5 Å². The number of halogens is 2. The van der Waals surface area contributed by atoms with Crippen LogP contribution < -0.4 is 4.74 Å². The van der Waals surface area contributed by atoms with Crippen molar-refractivity contribution in [1.29, 1.82) is 0 Å². The van der Waals surface area contributed by atoms with Gasteiger partial charge in [-0.1, -0.05) is 35.9 Å². The summed E-state index contributed by atoms with van der Waals surface area (Å²) in [4.78, 5) is 10.6. The Labute approximate surface area is 130 Å². The van der Waals surface area contributed by atoms with Gasteiger partial charge in [-0.25, -0.2) is 0 Å². The molecular weight excluding hydrogens is 344 g/mol. The molecule has 0 unspecified atom stereocenters. The van der Waals surface area contributed by atoms with Crippen molar-refractivity contribution in [3.8, 4) is 5.75 Å². The molecule has 1 N–H and O–H groups in total. The second-order valence-electron chi connectivity index (χ2n) is 4.25. The number of benzene rings is 2. The normalized spacial score (nSPS) is 10.3. The van der Waals surface area contributed by atoms with Crippen LogP contribution in [0.5, 0.6) is 5.75 Å². The molecule has 2 aromatic carbocycles. The predicted octanol–water partition coefficient (Wildman–Crippen LogP) is 4.31. The molecule has 0 radical (unpaired) electrons. The number of hydrogen-bond donors (Lipinski definition) is 1. The van der Waals surface area contributed by atoms with Crippen LogP contribution in [0.2, 0.25) is 5.02 Å². The zero-order chi connectivity index (χ0) is 14.5. The van der Waals surface area contributed by atoms with Crippen LogP contribution in [-0.2, 0) is 17.8 Å². The Morgan fingerprint density at radius 3 is 2.40 bits per heavy atom. The predicted molar refractivity (Wildman–Crippen MR) is 81.3 cm³/mol. The summed E-state index contributed by atoms with van der Waals surface area (Å²) >= 11 is 9.24. The highest BCUT2D eigenvalue weighted by Gasteiger charge is 2.04. The van der Waals surface area contributed by atoms with Crippen molar-refractivity contribution in [3.05, 3.63) is 63.1 Å². The zero-order valence-electron chi connectivity index (χ0n) is 10.5. The molecule has 0 saturated heterocycles. The van der Waals surface area contributed by atoms with E-state index in [1.165, 1.54) is 0 Å². The lowest BCUT2D eigenvalue weighted by Gasteiger charge is -2.09. The SMILES string of the molecule is O=C(O)Cc1ccc(COc2ccc(Cl)cc2Br)cc1. The third kappa shape index (κ3) is 4.25. The fourth-order valence-electron chi connectivity index (χ4n) is 1.68. The van der Waals surface area contributed by atoms with E-state index in [2.05, 4.69) is 15.9 Å². The lowest BCUT2D eigenvalue weighted by atomic mass is 10.1. The summed E-state index contributed by atoms with van der Waals surface area (Å²) in [5, 5.41) is 9.34. The lowest BCUT2D eigenvalue weighted by Crippen LogP contribution is -2.01. The van der Waals surface area contributed by atoms with Crippen molar-refractivity contribution in [2.24, 2.45) is 0 Å². The Bertz CT molecular complexity index is 611. The summed E-state index contributed by atoms with van der Waals surface area (Å²) in [5.74, 6) is -0.122. The molecule has 0 aliphatic carbocycles. The van der Waals surface area contributed by atoms with Gasteiger partial charge >= 0.3 is 5.97 Å². The van der Waals surface area contributed by atoms with Crippen molar-refractivity contribution in [3.63, 3.8) is 0 Å². The Morgan fingerprint density at radius 1 is 1.15 bits per heavy atom. The molecule has 0 fully saturated rings.